The van der Waals surface area contributed by atoms with Gasteiger partial charge in [-0.15, -0.1) is 0 Å². The number of nitrogens with zero attached hydrogens (tertiary/aromatic N) is 2. The predicted octanol–water partition coefficient (Wildman–Crippen LogP) is 4.16. The SMILES string of the molecule is CCN(CC)CCCC(C)Nc1cccc2ncccc12. The van der Waals surface area contributed by atoms with Crippen LogP contribution in [0.1, 0.15) is 33.6 Å². The van der Waals surface area contributed by atoms with Gasteiger partial charge in [0, 0.05) is 23.3 Å². The van der Waals surface area contributed by atoms with Gasteiger partial charge in [-0.2, -0.15) is 0 Å². The summed E-state index contributed by atoms with van der Waals surface area (Å²) in [5.74, 6) is 0. The van der Waals surface area contributed by atoms with Gasteiger partial charge in [0.15, 0.2) is 0 Å². The lowest BCUT2D eigenvalue weighted by molar-refractivity contribution is 0.295. The van der Waals surface area contributed by atoms with Gasteiger partial charge in [0.25, 0.3) is 0 Å². The minimum absolute atomic E-state index is 0.478. The minimum atomic E-state index is 0.478. The molecule has 1 N–H and O–H groups in total. The molecule has 0 aliphatic rings. The maximum absolute atomic E-state index is 4.41. The van der Waals surface area contributed by atoms with Crippen LogP contribution in [0.5, 0.6) is 0 Å². The highest BCUT2D eigenvalue weighted by Crippen LogP contribution is 2.22. The van der Waals surface area contributed by atoms with Crippen LogP contribution in [0.4, 0.5) is 5.69 Å². The van der Waals surface area contributed by atoms with Crippen LogP contribution in [-0.2, 0) is 0 Å². The van der Waals surface area contributed by atoms with Crippen LogP contribution in [0.3, 0.4) is 0 Å². The van der Waals surface area contributed by atoms with Crippen molar-refractivity contribution in [2.45, 2.75) is 39.7 Å². The van der Waals surface area contributed by atoms with Gasteiger partial charge in [-0.3, -0.25) is 4.98 Å². The quantitative estimate of drug-likeness (QED) is 0.789. The van der Waals surface area contributed by atoms with Crippen LogP contribution < -0.4 is 5.32 Å². The predicted molar refractivity (Wildman–Crippen MR) is 91.8 cm³/mol. The van der Waals surface area contributed by atoms with Gasteiger partial charge in [0.05, 0.1) is 5.52 Å². The molecule has 0 radical (unpaired) electrons. The van der Waals surface area contributed by atoms with Gasteiger partial charge < -0.3 is 10.2 Å². The molecule has 3 heteroatoms. The van der Waals surface area contributed by atoms with E-state index >= 15 is 0 Å². The van der Waals surface area contributed by atoms with E-state index in [1.807, 2.05) is 12.3 Å². The Morgan fingerprint density at radius 2 is 1.95 bits per heavy atom. The van der Waals surface area contributed by atoms with Crippen LogP contribution in [0, 0.1) is 0 Å². The van der Waals surface area contributed by atoms with Crippen LogP contribution >= 0.6 is 0 Å². The van der Waals surface area contributed by atoms with Crippen molar-refractivity contribution in [1.82, 2.24) is 9.88 Å². The van der Waals surface area contributed by atoms with Crippen molar-refractivity contribution in [3.8, 4) is 0 Å². The first-order chi connectivity index (χ1) is 10.2. The molecule has 0 saturated heterocycles. The number of hydrogen-bond donors (Lipinski definition) is 1. The first-order valence-electron chi connectivity index (χ1n) is 8.07. The zero-order valence-corrected chi connectivity index (χ0v) is 13.5. The van der Waals surface area contributed by atoms with Crippen LogP contribution in [0.25, 0.3) is 10.9 Å². The average Bonchev–Trinajstić information content (AvgIpc) is 2.52. The summed E-state index contributed by atoms with van der Waals surface area (Å²) >= 11 is 0. The Labute approximate surface area is 128 Å². The van der Waals surface area contributed by atoms with Crippen molar-refractivity contribution < 1.29 is 0 Å². The molecule has 2 aromatic rings. The lowest BCUT2D eigenvalue weighted by Crippen LogP contribution is -2.25. The zero-order valence-electron chi connectivity index (χ0n) is 13.5. The molecule has 114 valence electrons. The molecule has 0 saturated carbocycles. The number of anilines is 1. The highest BCUT2D eigenvalue weighted by molar-refractivity contribution is 5.91. The molecule has 1 heterocycles. The number of fused-ring (bicyclic) bond motifs is 1. The Morgan fingerprint density at radius 3 is 2.71 bits per heavy atom. The Balaban J connectivity index is 1.91. The molecule has 1 unspecified atom stereocenters. The molecular weight excluding hydrogens is 258 g/mol. The number of hydrogen-bond acceptors (Lipinski definition) is 3. The maximum Gasteiger partial charge on any atom is 0.0722 e. The zero-order chi connectivity index (χ0) is 15.1. The lowest BCUT2D eigenvalue weighted by atomic mass is 10.1. The molecule has 3 nitrogen and oxygen atoms in total. The van der Waals surface area contributed by atoms with Gasteiger partial charge >= 0.3 is 0 Å². The summed E-state index contributed by atoms with van der Waals surface area (Å²) in [6, 6.07) is 10.9. The van der Waals surface area contributed by atoms with Crippen molar-refractivity contribution in [3.63, 3.8) is 0 Å². The molecule has 1 aromatic carbocycles. The Hall–Kier alpha value is -1.61. The fourth-order valence-electron chi connectivity index (χ4n) is 2.73. The van der Waals surface area contributed by atoms with E-state index in [2.05, 4.69) is 60.2 Å². The summed E-state index contributed by atoms with van der Waals surface area (Å²) in [6.07, 6.45) is 4.27. The van der Waals surface area contributed by atoms with E-state index in [1.54, 1.807) is 0 Å². The van der Waals surface area contributed by atoms with E-state index in [0.717, 1.165) is 18.6 Å². The van der Waals surface area contributed by atoms with Gasteiger partial charge in [-0.05, 0) is 63.7 Å². The van der Waals surface area contributed by atoms with Crippen LogP contribution in [0.15, 0.2) is 36.5 Å². The van der Waals surface area contributed by atoms with Crippen molar-refractivity contribution in [3.05, 3.63) is 36.5 Å². The van der Waals surface area contributed by atoms with Crippen LogP contribution in [0.2, 0.25) is 0 Å². The van der Waals surface area contributed by atoms with E-state index in [1.165, 1.54) is 30.5 Å². The van der Waals surface area contributed by atoms with E-state index in [-0.39, 0.29) is 0 Å². The van der Waals surface area contributed by atoms with Gasteiger partial charge in [-0.1, -0.05) is 19.9 Å². The molecule has 0 aliphatic carbocycles. The van der Waals surface area contributed by atoms with Crippen LogP contribution in [-0.4, -0.2) is 35.6 Å². The lowest BCUT2D eigenvalue weighted by Gasteiger charge is -2.20. The maximum atomic E-state index is 4.41. The summed E-state index contributed by atoms with van der Waals surface area (Å²) in [4.78, 5) is 6.89. The Kier molecular flexibility index (Phi) is 6.00. The normalized spacial score (nSPS) is 12.8. The standard InChI is InChI=1S/C18H27N3/c1-4-21(5-2)14-8-9-15(3)20-18-12-6-11-17-16(18)10-7-13-19-17/h6-7,10-13,15,20H,4-5,8-9,14H2,1-3H3. The Bertz CT molecular complexity index is 544. The van der Waals surface area contributed by atoms with Crippen molar-refractivity contribution in [2.24, 2.45) is 0 Å². The first kappa shape index (κ1) is 15.8. The third kappa shape index (κ3) is 4.43. The van der Waals surface area contributed by atoms with Crippen molar-refractivity contribution in [2.75, 3.05) is 25.0 Å². The molecule has 0 fully saturated rings. The highest BCUT2D eigenvalue weighted by Gasteiger charge is 2.06. The number of pyridine rings is 1. The van der Waals surface area contributed by atoms with Gasteiger partial charge in [0.2, 0.25) is 0 Å². The summed E-state index contributed by atoms with van der Waals surface area (Å²) in [6.45, 7) is 10.2. The molecule has 1 atom stereocenters. The highest BCUT2D eigenvalue weighted by atomic mass is 15.1. The molecule has 1 aromatic heterocycles. The molecular formula is C18H27N3. The van der Waals surface area contributed by atoms with Gasteiger partial charge in [0.1, 0.15) is 0 Å². The molecule has 0 amide bonds. The number of rotatable bonds is 8. The third-order valence-corrected chi connectivity index (χ3v) is 4.05. The third-order valence-electron chi connectivity index (χ3n) is 4.05. The number of aromatic nitrogens is 1. The van der Waals surface area contributed by atoms with E-state index < -0.39 is 0 Å². The van der Waals surface area contributed by atoms with Crippen molar-refractivity contribution in [1.29, 1.82) is 0 Å². The van der Waals surface area contributed by atoms with E-state index in [4.69, 9.17) is 0 Å². The monoisotopic (exact) mass is 285 g/mol. The van der Waals surface area contributed by atoms with Gasteiger partial charge in [-0.25, -0.2) is 0 Å². The second kappa shape index (κ2) is 7.99. The van der Waals surface area contributed by atoms with E-state index in [0.29, 0.717) is 6.04 Å². The Morgan fingerprint density at radius 1 is 1.14 bits per heavy atom. The summed E-state index contributed by atoms with van der Waals surface area (Å²) in [5.41, 5.74) is 2.24. The minimum Gasteiger partial charge on any atom is -0.382 e. The summed E-state index contributed by atoms with van der Waals surface area (Å²) < 4.78 is 0. The largest absolute Gasteiger partial charge is 0.382 e. The second-order valence-corrected chi connectivity index (χ2v) is 5.59. The topological polar surface area (TPSA) is 28.2 Å². The molecule has 0 bridgehead atoms. The number of benzene rings is 1. The summed E-state index contributed by atoms with van der Waals surface area (Å²) in [5, 5.41) is 4.84. The second-order valence-electron chi connectivity index (χ2n) is 5.59. The average molecular weight is 285 g/mol. The number of nitrogens with one attached hydrogen (secondary N) is 1. The van der Waals surface area contributed by atoms with E-state index in [9.17, 15) is 0 Å². The first-order valence-corrected chi connectivity index (χ1v) is 8.07. The fourth-order valence-corrected chi connectivity index (χ4v) is 2.73. The fraction of sp³-hybridized carbons (Fsp3) is 0.500. The molecule has 0 spiro atoms. The van der Waals surface area contributed by atoms with Crippen molar-refractivity contribution >= 4 is 16.6 Å². The molecule has 21 heavy (non-hydrogen) atoms. The molecule has 0 aliphatic heterocycles. The summed E-state index contributed by atoms with van der Waals surface area (Å²) in [7, 11) is 0. The smallest absolute Gasteiger partial charge is 0.0722 e. The molecule has 2 rings (SSSR count).